The molecule has 2 aliphatic rings. The molecule has 0 aromatic heterocycles. The number of ether oxygens (including phenoxy) is 1. The third-order valence-electron chi connectivity index (χ3n) is 4.11. The Bertz CT molecular complexity index is 339. The summed E-state index contributed by atoms with van der Waals surface area (Å²) < 4.78 is 4.91. The van der Waals surface area contributed by atoms with E-state index in [0.29, 0.717) is 38.5 Å². The molecule has 0 aromatic carbocycles. The lowest BCUT2D eigenvalue weighted by molar-refractivity contribution is -0.190. The highest BCUT2D eigenvalue weighted by Gasteiger charge is 2.29. The second-order valence-corrected chi connectivity index (χ2v) is 5.83. The van der Waals surface area contributed by atoms with Gasteiger partial charge in [0.1, 0.15) is 0 Å². The van der Waals surface area contributed by atoms with Crippen molar-refractivity contribution in [2.45, 2.75) is 51.9 Å². The summed E-state index contributed by atoms with van der Waals surface area (Å²) in [5, 5.41) is 1.53. The number of nitrogens with zero attached hydrogens (tertiary/aromatic N) is 1. The van der Waals surface area contributed by atoms with Crippen LogP contribution in [-0.2, 0) is 19.2 Å². The predicted octanol–water partition coefficient (Wildman–Crippen LogP) is 2.30. The Morgan fingerprint density at radius 1 is 1.30 bits per heavy atom. The summed E-state index contributed by atoms with van der Waals surface area (Å²) >= 11 is 0. The molecule has 20 heavy (non-hydrogen) atoms. The molecule has 1 amide bonds. The van der Waals surface area contributed by atoms with Crippen LogP contribution in [-0.4, -0.2) is 36.7 Å². The number of rotatable bonds is 6. The number of carbonyl (C=O) groups is 2. The second-order valence-electron chi connectivity index (χ2n) is 5.83. The summed E-state index contributed by atoms with van der Waals surface area (Å²) in [6.07, 6.45) is 6.88. The Kier molecular flexibility index (Phi) is 5.83. The summed E-state index contributed by atoms with van der Waals surface area (Å²) in [4.78, 5) is 28.9. The van der Waals surface area contributed by atoms with Crippen molar-refractivity contribution in [1.82, 2.24) is 5.06 Å². The number of cyclic esters (lactones) is 1. The Labute approximate surface area is 120 Å². The van der Waals surface area contributed by atoms with Crippen molar-refractivity contribution in [2.75, 3.05) is 19.8 Å². The molecule has 2 rings (SSSR count). The standard InChI is InChI=1S/C15H25NO4/c1-2-20-16(10-12-6-4-3-5-7-12)14(17)8-13-9-15(18)19-11-13/h12-13H,2-11H2,1H3/t13-/m0/s1. The molecule has 1 saturated heterocycles. The molecule has 0 radical (unpaired) electrons. The maximum Gasteiger partial charge on any atom is 0.306 e. The van der Waals surface area contributed by atoms with Crippen molar-refractivity contribution < 1.29 is 19.2 Å². The quantitative estimate of drug-likeness (QED) is 0.554. The topological polar surface area (TPSA) is 55.8 Å². The average molecular weight is 283 g/mol. The van der Waals surface area contributed by atoms with Gasteiger partial charge >= 0.3 is 5.97 Å². The van der Waals surface area contributed by atoms with Crippen LogP contribution in [0.4, 0.5) is 0 Å². The summed E-state index contributed by atoms with van der Waals surface area (Å²) in [6.45, 7) is 3.45. The highest BCUT2D eigenvalue weighted by Crippen LogP contribution is 2.25. The van der Waals surface area contributed by atoms with Crippen LogP contribution in [0.25, 0.3) is 0 Å². The van der Waals surface area contributed by atoms with E-state index in [0.717, 1.165) is 0 Å². The molecular formula is C15H25NO4. The molecule has 5 heteroatoms. The predicted molar refractivity (Wildman–Crippen MR) is 73.6 cm³/mol. The second kappa shape index (κ2) is 7.62. The molecule has 2 fully saturated rings. The van der Waals surface area contributed by atoms with Crippen molar-refractivity contribution in [3.8, 4) is 0 Å². The molecule has 114 valence electrons. The van der Waals surface area contributed by atoms with Crippen LogP contribution in [0.1, 0.15) is 51.9 Å². The van der Waals surface area contributed by atoms with E-state index in [2.05, 4.69) is 0 Å². The minimum Gasteiger partial charge on any atom is -0.465 e. The highest BCUT2D eigenvalue weighted by atomic mass is 16.7. The van der Waals surface area contributed by atoms with Gasteiger partial charge < -0.3 is 4.74 Å². The van der Waals surface area contributed by atoms with Crippen LogP contribution in [0, 0.1) is 11.8 Å². The van der Waals surface area contributed by atoms with E-state index >= 15 is 0 Å². The first-order chi connectivity index (χ1) is 9.69. The fraction of sp³-hybridized carbons (Fsp3) is 0.867. The third kappa shape index (κ3) is 4.47. The van der Waals surface area contributed by atoms with Crippen molar-refractivity contribution in [3.05, 3.63) is 0 Å². The fourth-order valence-electron chi connectivity index (χ4n) is 3.03. The van der Waals surface area contributed by atoms with E-state index in [1.807, 2.05) is 6.92 Å². The summed E-state index contributed by atoms with van der Waals surface area (Å²) in [7, 11) is 0. The van der Waals surface area contributed by atoms with Gasteiger partial charge in [0.2, 0.25) is 5.91 Å². The first-order valence-electron chi connectivity index (χ1n) is 7.78. The van der Waals surface area contributed by atoms with Gasteiger partial charge in [0, 0.05) is 12.3 Å². The molecule has 1 aliphatic heterocycles. The minimum absolute atomic E-state index is 0.0132. The lowest BCUT2D eigenvalue weighted by Crippen LogP contribution is -2.37. The van der Waals surface area contributed by atoms with Gasteiger partial charge in [0.05, 0.1) is 26.2 Å². The van der Waals surface area contributed by atoms with E-state index in [-0.39, 0.29) is 17.8 Å². The van der Waals surface area contributed by atoms with E-state index in [4.69, 9.17) is 9.57 Å². The smallest absolute Gasteiger partial charge is 0.306 e. The molecule has 1 atom stereocenters. The zero-order valence-corrected chi connectivity index (χ0v) is 12.3. The zero-order valence-electron chi connectivity index (χ0n) is 12.3. The molecule has 1 aliphatic carbocycles. The molecule has 0 aromatic rings. The van der Waals surface area contributed by atoms with Crippen LogP contribution in [0.3, 0.4) is 0 Å². The van der Waals surface area contributed by atoms with Crippen molar-refractivity contribution in [3.63, 3.8) is 0 Å². The van der Waals surface area contributed by atoms with Gasteiger partial charge in [-0.05, 0) is 25.7 Å². The lowest BCUT2D eigenvalue weighted by atomic mass is 9.89. The molecular weight excluding hydrogens is 258 g/mol. The van der Waals surface area contributed by atoms with Gasteiger partial charge in [-0.1, -0.05) is 19.3 Å². The fourth-order valence-corrected chi connectivity index (χ4v) is 3.03. The molecule has 0 unspecified atom stereocenters. The molecule has 1 heterocycles. The first-order valence-corrected chi connectivity index (χ1v) is 7.78. The van der Waals surface area contributed by atoms with Crippen molar-refractivity contribution in [1.29, 1.82) is 0 Å². The largest absolute Gasteiger partial charge is 0.465 e. The Morgan fingerprint density at radius 2 is 2.05 bits per heavy atom. The van der Waals surface area contributed by atoms with Crippen LogP contribution < -0.4 is 0 Å². The first kappa shape index (κ1) is 15.3. The van der Waals surface area contributed by atoms with Gasteiger partial charge in [-0.25, -0.2) is 5.06 Å². The van der Waals surface area contributed by atoms with Gasteiger partial charge in [0.25, 0.3) is 0 Å². The number of hydroxylamine groups is 2. The number of hydrogen-bond donors (Lipinski definition) is 0. The number of esters is 1. The van der Waals surface area contributed by atoms with Crippen LogP contribution in [0.2, 0.25) is 0 Å². The minimum atomic E-state index is -0.196. The summed E-state index contributed by atoms with van der Waals surface area (Å²) in [5.41, 5.74) is 0. The van der Waals surface area contributed by atoms with E-state index < -0.39 is 0 Å². The number of amides is 1. The molecule has 0 bridgehead atoms. The van der Waals surface area contributed by atoms with Crippen LogP contribution in [0.5, 0.6) is 0 Å². The number of hydrogen-bond acceptors (Lipinski definition) is 4. The lowest BCUT2D eigenvalue weighted by Gasteiger charge is -2.29. The van der Waals surface area contributed by atoms with E-state index in [1.54, 1.807) is 0 Å². The van der Waals surface area contributed by atoms with Gasteiger partial charge in [-0.15, -0.1) is 0 Å². The maximum atomic E-state index is 12.3. The van der Waals surface area contributed by atoms with Crippen molar-refractivity contribution >= 4 is 11.9 Å². The Hall–Kier alpha value is -1.10. The Balaban J connectivity index is 1.82. The van der Waals surface area contributed by atoms with Crippen LogP contribution >= 0.6 is 0 Å². The average Bonchev–Trinajstić information content (AvgIpc) is 2.85. The third-order valence-corrected chi connectivity index (χ3v) is 4.11. The van der Waals surface area contributed by atoms with E-state index in [9.17, 15) is 9.59 Å². The highest BCUT2D eigenvalue weighted by molar-refractivity contribution is 5.78. The van der Waals surface area contributed by atoms with Crippen molar-refractivity contribution in [2.24, 2.45) is 11.8 Å². The summed E-state index contributed by atoms with van der Waals surface area (Å²) in [6, 6.07) is 0. The van der Waals surface area contributed by atoms with E-state index in [1.165, 1.54) is 37.2 Å². The van der Waals surface area contributed by atoms with Gasteiger partial charge in [-0.3, -0.25) is 14.4 Å². The maximum absolute atomic E-state index is 12.3. The Morgan fingerprint density at radius 3 is 2.65 bits per heavy atom. The normalized spacial score (nSPS) is 23.6. The van der Waals surface area contributed by atoms with Crippen LogP contribution in [0.15, 0.2) is 0 Å². The summed E-state index contributed by atoms with van der Waals surface area (Å²) in [5.74, 6) is 0.365. The molecule has 0 N–H and O–H groups in total. The number of carbonyl (C=O) groups excluding carboxylic acids is 2. The monoisotopic (exact) mass is 283 g/mol. The van der Waals surface area contributed by atoms with Gasteiger partial charge in [-0.2, -0.15) is 0 Å². The zero-order chi connectivity index (χ0) is 14.4. The SMILES string of the molecule is CCON(CC1CCCCC1)C(=O)C[C@@H]1COC(=O)C1. The molecule has 0 spiro atoms. The molecule has 5 nitrogen and oxygen atoms in total. The molecule has 1 saturated carbocycles. The van der Waals surface area contributed by atoms with Gasteiger partial charge in [0.15, 0.2) is 0 Å².